The summed E-state index contributed by atoms with van der Waals surface area (Å²) in [5, 5.41) is 3.06. The van der Waals surface area contributed by atoms with Gasteiger partial charge in [0, 0.05) is 25.2 Å². The van der Waals surface area contributed by atoms with Crippen molar-refractivity contribution in [2.75, 3.05) is 31.9 Å². The van der Waals surface area contributed by atoms with E-state index in [1.54, 1.807) is 0 Å². The molecular formula is C16H25N3O. The predicted octanol–water partition coefficient (Wildman–Crippen LogP) is 1.66. The van der Waals surface area contributed by atoms with Crippen LogP contribution >= 0.6 is 0 Å². The van der Waals surface area contributed by atoms with Crippen molar-refractivity contribution in [1.29, 1.82) is 0 Å². The Bertz CT molecular complexity index is 430. The van der Waals surface area contributed by atoms with Crippen LogP contribution in [-0.4, -0.2) is 37.0 Å². The molecule has 1 aliphatic heterocycles. The molecule has 1 aromatic rings. The molecule has 1 heterocycles. The predicted molar refractivity (Wildman–Crippen MR) is 82.4 cm³/mol. The average Bonchev–Trinajstić information content (AvgIpc) is 2.92. The fourth-order valence-electron chi connectivity index (χ4n) is 2.66. The first-order valence-corrected chi connectivity index (χ1v) is 7.51. The summed E-state index contributed by atoms with van der Waals surface area (Å²) in [6, 6.07) is 7.73. The van der Waals surface area contributed by atoms with Crippen LogP contribution in [0.1, 0.15) is 25.3 Å². The van der Waals surface area contributed by atoms with E-state index >= 15 is 0 Å². The zero-order chi connectivity index (χ0) is 14.4. The summed E-state index contributed by atoms with van der Waals surface area (Å²) in [7, 11) is 0. The standard InChI is InChI=1S/C16H25N3O/c1-2-19-10-9-14(12-19)11-18-16(20)8-5-13-3-6-15(17)7-4-13/h3-4,6-7,14H,2,5,8-12,17H2,1H3,(H,18,20). The topological polar surface area (TPSA) is 58.4 Å². The minimum atomic E-state index is 0.150. The number of hydrogen-bond donors (Lipinski definition) is 2. The van der Waals surface area contributed by atoms with Gasteiger partial charge >= 0.3 is 0 Å². The van der Waals surface area contributed by atoms with Crippen molar-refractivity contribution in [3.63, 3.8) is 0 Å². The molecule has 2 rings (SSSR count). The van der Waals surface area contributed by atoms with E-state index in [0.29, 0.717) is 12.3 Å². The molecular weight excluding hydrogens is 250 g/mol. The first-order valence-electron chi connectivity index (χ1n) is 7.51. The lowest BCUT2D eigenvalue weighted by Gasteiger charge is -2.13. The molecule has 1 aromatic carbocycles. The van der Waals surface area contributed by atoms with Gasteiger partial charge in [0.1, 0.15) is 0 Å². The van der Waals surface area contributed by atoms with E-state index in [9.17, 15) is 4.79 Å². The molecule has 4 heteroatoms. The molecule has 0 spiro atoms. The number of benzene rings is 1. The Hall–Kier alpha value is -1.55. The zero-order valence-corrected chi connectivity index (χ0v) is 12.3. The van der Waals surface area contributed by atoms with Gasteiger partial charge in [-0.1, -0.05) is 19.1 Å². The summed E-state index contributed by atoms with van der Waals surface area (Å²) in [6.07, 6.45) is 2.53. The minimum absolute atomic E-state index is 0.150. The molecule has 0 aromatic heterocycles. The van der Waals surface area contributed by atoms with Crippen molar-refractivity contribution in [3.05, 3.63) is 29.8 Å². The van der Waals surface area contributed by atoms with Gasteiger partial charge in [-0.15, -0.1) is 0 Å². The number of rotatable bonds is 6. The second-order valence-electron chi connectivity index (χ2n) is 5.59. The number of nitrogens with two attached hydrogens (primary N) is 1. The highest BCUT2D eigenvalue weighted by atomic mass is 16.1. The Balaban J connectivity index is 1.64. The smallest absolute Gasteiger partial charge is 0.220 e. The molecule has 1 fully saturated rings. The molecule has 1 atom stereocenters. The molecule has 20 heavy (non-hydrogen) atoms. The van der Waals surface area contributed by atoms with Crippen LogP contribution < -0.4 is 11.1 Å². The molecule has 0 radical (unpaired) electrons. The van der Waals surface area contributed by atoms with E-state index in [4.69, 9.17) is 5.73 Å². The number of likely N-dealkylation sites (tertiary alicyclic amines) is 1. The van der Waals surface area contributed by atoms with Crippen LogP contribution in [-0.2, 0) is 11.2 Å². The van der Waals surface area contributed by atoms with Crippen molar-refractivity contribution < 1.29 is 4.79 Å². The van der Waals surface area contributed by atoms with E-state index in [0.717, 1.165) is 37.3 Å². The highest BCUT2D eigenvalue weighted by Gasteiger charge is 2.21. The van der Waals surface area contributed by atoms with Crippen LogP contribution in [0.2, 0.25) is 0 Å². The highest BCUT2D eigenvalue weighted by Crippen LogP contribution is 2.14. The maximum atomic E-state index is 11.8. The van der Waals surface area contributed by atoms with E-state index < -0.39 is 0 Å². The van der Waals surface area contributed by atoms with Gasteiger partial charge in [0.05, 0.1) is 0 Å². The maximum Gasteiger partial charge on any atom is 0.220 e. The molecule has 1 aliphatic rings. The number of carbonyl (C=O) groups excluding carboxylic acids is 1. The number of nitrogens with zero attached hydrogens (tertiary/aromatic N) is 1. The van der Waals surface area contributed by atoms with Crippen molar-refractivity contribution in [3.8, 4) is 0 Å². The first-order chi connectivity index (χ1) is 9.67. The van der Waals surface area contributed by atoms with Crippen LogP contribution in [0.25, 0.3) is 0 Å². The van der Waals surface area contributed by atoms with Gasteiger partial charge in [-0.3, -0.25) is 4.79 Å². The second kappa shape index (κ2) is 7.29. The molecule has 1 saturated heterocycles. The average molecular weight is 275 g/mol. The van der Waals surface area contributed by atoms with E-state index in [2.05, 4.69) is 17.1 Å². The molecule has 0 saturated carbocycles. The Morgan fingerprint density at radius 2 is 2.15 bits per heavy atom. The van der Waals surface area contributed by atoms with Gasteiger partial charge in [-0.25, -0.2) is 0 Å². The summed E-state index contributed by atoms with van der Waals surface area (Å²) in [5.41, 5.74) is 7.56. The minimum Gasteiger partial charge on any atom is -0.399 e. The van der Waals surface area contributed by atoms with Crippen molar-refractivity contribution in [2.24, 2.45) is 5.92 Å². The number of carbonyl (C=O) groups is 1. The summed E-state index contributed by atoms with van der Waals surface area (Å²) < 4.78 is 0. The van der Waals surface area contributed by atoms with Crippen LogP contribution in [0.3, 0.4) is 0 Å². The number of hydrogen-bond acceptors (Lipinski definition) is 3. The third kappa shape index (κ3) is 4.53. The largest absolute Gasteiger partial charge is 0.399 e. The van der Waals surface area contributed by atoms with E-state index in [-0.39, 0.29) is 5.91 Å². The van der Waals surface area contributed by atoms with Gasteiger partial charge in [-0.05, 0) is 49.5 Å². The van der Waals surface area contributed by atoms with Crippen LogP contribution in [0, 0.1) is 5.92 Å². The van der Waals surface area contributed by atoms with E-state index in [1.165, 1.54) is 13.0 Å². The van der Waals surface area contributed by atoms with Crippen molar-refractivity contribution in [2.45, 2.75) is 26.2 Å². The third-order valence-corrected chi connectivity index (χ3v) is 4.03. The summed E-state index contributed by atoms with van der Waals surface area (Å²) in [4.78, 5) is 14.3. The normalized spacial score (nSPS) is 19.1. The lowest BCUT2D eigenvalue weighted by molar-refractivity contribution is -0.121. The van der Waals surface area contributed by atoms with Gasteiger partial charge in [0.25, 0.3) is 0 Å². The highest BCUT2D eigenvalue weighted by molar-refractivity contribution is 5.76. The molecule has 110 valence electrons. The Morgan fingerprint density at radius 3 is 2.80 bits per heavy atom. The lowest BCUT2D eigenvalue weighted by Crippen LogP contribution is -2.31. The number of nitrogens with one attached hydrogen (secondary N) is 1. The fraction of sp³-hybridized carbons (Fsp3) is 0.562. The van der Waals surface area contributed by atoms with Gasteiger partial charge in [0.2, 0.25) is 5.91 Å². The van der Waals surface area contributed by atoms with Crippen LogP contribution in [0.15, 0.2) is 24.3 Å². The third-order valence-electron chi connectivity index (χ3n) is 4.03. The number of anilines is 1. The number of amides is 1. The van der Waals surface area contributed by atoms with Crippen LogP contribution in [0.4, 0.5) is 5.69 Å². The Morgan fingerprint density at radius 1 is 1.40 bits per heavy atom. The lowest BCUT2D eigenvalue weighted by atomic mass is 10.1. The maximum absolute atomic E-state index is 11.8. The second-order valence-corrected chi connectivity index (χ2v) is 5.59. The first kappa shape index (κ1) is 14.9. The van der Waals surface area contributed by atoms with Gasteiger partial charge in [0.15, 0.2) is 0 Å². The Kier molecular flexibility index (Phi) is 5.41. The molecule has 4 nitrogen and oxygen atoms in total. The number of aryl methyl sites for hydroxylation is 1. The SMILES string of the molecule is CCN1CCC(CNC(=O)CCc2ccc(N)cc2)C1. The molecule has 0 aliphatic carbocycles. The molecule has 1 unspecified atom stereocenters. The van der Waals surface area contributed by atoms with Gasteiger partial charge < -0.3 is 16.0 Å². The van der Waals surface area contributed by atoms with Crippen LogP contribution in [0.5, 0.6) is 0 Å². The summed E-state index contributed by atoms with van der Waals surface area (Å²) >= 11 is 0. The number of nitrogen functional groups attached to an aromatic ring is 1. The van der Waals surface area contributed by atoms with E-state index in [1.807, 2.05) is 24.3 Å². The van der Waals surface area contributed by atoms with Crippen molar-refractivity contribution >= 4 is 11.6 Å². The van der Waals surface area contributed by atoms with Crippen molar-refractivity contribution in [1.82, 2.24) is 10.2 Å². The molecule has 1 amide bonds. The zero-order valence-electron chi connectivity index (χ0n) is 12.3. The molecule has 0 bridgehead atoms. The molecule has 3 N–H and O–H groups in total. The Labute approximate surface area is 121 Å². The monoisotopic (exact) mass is 275 g/mol. The fourth-order valence-corrected chi connectivity index (χ4v) is 2.66. The van der Waals surface area contributed by atoms with Gasteiger partial charge in [-0.2, -0.15) is 0 Å². The summed E-state index contributed by atoms with van der Waals surface area (Å²) in [6.45, 7) is 6.41. The summed E-state index contributed by atoms with van der Waals surface area (Å²) in [5.74, 6) is 0.771. The quantitative estimate of drug-likeness (QED) is 0.776.